The van der Waals surface area contributed by atoms with Gasteiger partial charge < -0.3 is 15.0 Å². The number of nitrogens with zero attached hydrogens (tertiary/aromatic N) is 2. The van der Waals surface area contributed by atoms with Crippen LogP contribution in [0.2, 0.25) is 0 Å². The first-order valence-corrected chi connectivity index (χ1v) is 14.5. The van der Waals surface area contributed by atoms with Crippen molar-refractivity contribution in [1.29, 1.82) is 0 Å². The van der Waals surface area contributed by atoms with Crippen LogP contribution in [0.3, 0.4) is 0 Å². The van der Waals surface area contributed by atoms with E-state index in [1.165, 1.54) is 5.56 Å². The van der Waals surface area contributed by atoms with Crippen molar-refractivity contribution in [3.8, 4) is 5.75 Å². The molecule has 0 radical (unpaired) electrons. The van der Waals surface area contributed by atoms with Gasteiger partial charge in [-0.1, -0.05) is 54.6 Å². The zero-order valence-electron chi connectivity index (χ0n) is 21.1. The Morgan fingerprint density at radius 3 is 2.46 bits per heavy atom. The van der Waals surface area contributed by atoms with Crippen molar-refractivity contribution in [3.05, 3.63) is 102 Å². The van der Waals surface area contributed by atoms with Crippen LogP contribution in [0, 0.1) is 5.92 Å². The molecule has 3 aromatic carbocycles. The third-order valence-electron chi connectivity index (χ3n) is 7.92. The molecule has 1 saturated heterocycles. The second-order valence-corrected chi connectivity index (χ2v) is 12.2. The number of ether oxygens (including phenoxy) is 1. The molecule has 192 valence electrons. The summed E-state index contributed by atoms with van der Waals surface area (Å²) in [5, 5.41) is 3.73. The van der Waals surface area contributed by atoms with Crippen LogP contribution in [-0.4, -0.2) is 50.8 Å². The van der Waals surface area contributed by atoms with Gasteiger partial charge in [-0.2, -0.15) is 4.31 Å². The van der Waals surface area contributed by atoms with Crippen molar-refractivity contribution in [2.75, 3.05) is 38.5 Å². The van der Waals surface area contributed by atoms with Gasteiger partial charge >= 0.3 is 0 Å². The third kappa shape index (κ3) is 4.79. The molecule has 3 unspecified atom stereocenters. The number of likely N-dealkylation sites (N-methyl/N-ethyl adjacent to an activating group) is 1. The molecule has 0 saturated carbocycles. The number of allylic oxidation sites excluding steroid dienone is 2. The number of fused-ring (bicyclic) bond motifs is 3. The summed E-state index contributed by atoms with van der Waals surface area (Å²) < 4.78 is 34.4. The summed E-state index contributed by atoms with van der Waals surface area (Å²) in [4.78, 5) is 2.56. The van der Waals surface area contributed by atoms with E-state index in [0.29, 0.717) is 30.5 Å². The predicted octanol–water partition coefficient (Wildman–Crippen LogP) is 5.03. The summed E-state index contributed by atoms with van der Waals surface area (Å²) in [6, 6.07) is 24.3. The number of hydrogen-bond donors (Lipinski definition) is 1. The molecule has 1 fully saturated rings. The van der Waals surface area contributed by atoms with Crippen LogP contribution in [0.1, 0.15) is 35.1 Å². The highest BCUT2D eigenvalue weighted by Gasteiger charge is 2.39. The number of sulfonamides is 1. The maximum atomic E-state index is 13.4. The van der Waals surface area contributed by atoms with Crippen LogP contribution in [0.5, 0.6) is 5.75 Å². The molecule has 3 aliphatic rings. The number of hydrogen-bond acceptors (Lipinski definition) is 5. The van der Waals surface area contributed by atoms with E-state index in [4.69, 9.17) is 4.74 Å². The number of benzene rings is 3. The predicted molar refractivity (Wildman–Crippen MR) is 146 cm³/mol. The van der Waals surface area contributed by atoms with Crippen LogP contribution in [0.25, 0.3) is 0 Å². The van der Waals surface area contributed by atoms with E-state index in [0.717, 1.165) is 42.1 Å². The topological polar surface area (TPSA) is 61.9 Å². The van der Waals surface area contributed by atoms with Gasteiger partial charge in [-0.15, -0.1) is 0 Å². The molecule has 3 atom stereocenters. The smallest absolute Gasteiger partial charge is 0.243 e. The minimum absolute atomic E-state index is 0.149. The van der Waals surface area contributed by atoms with Gasteiger partial charge in [-0.25, -0.2) is 8.42 Å². The van der Waals surface area contributed by atoms with Crippen molar-refractivity contribution >= 4 is 15.7 Å². The highest BCUT2D eigenvalue weighted by molar-refractivity contribution is 7.89. The van der Waals surface area contributed by atoms with Gasteiger partial charge in [0.1, 0.15) is 12.4 Å². The molecular formula is C30H33N3O3S. The molecule has 0 aromatic heterocycles. The quantitative estimate of drug-likeness (QED) is 0.467. The number of rotatable bonds is 6. The van der Waals surface area contributed by atoms with E-state index in [2.05, 4.69) is 46.6 Å². The molecule has 1 aliphatic carbocycles. The Kier molecular flexibility index (Phi) is 6.53. The third-order valence-corrected chi connectivity index (χ3v) is 9.82. The van der Waals surface area contributed by atoms with Crippen LogP contribution in [0.4, 0.5) is 5.69 Å². The van der Waals surface area contributed by atoms with Gasteiger partial charge in [0.2, 0.25) is 10.0 Å². The first kappa shape index (κ1) is 24.2. The lowest BCUT2D eigenvalue weighted by Crippen LogP contribution is -2.47. The van der Waals surface area contributed by atoms with E-state index < -0.39 is 10.0 Å². The molecule has 0 bridgehead atoms. The van der Waals surface area contributed by atoms with Gasteiger partial charge in [0, 0.05) is 37.8 Å². The van der Waals surface area contributed by atoms with Crippen LogP contribution < -0.4 is 10.1 Å². The second-order valence-electron chi connectivity index (χ2n) is 10.3. The standard InChI is InChI=1S/C30H33N3O3S/c1-32-16-18-33(19-17-32)37(34,35)25-14-15-29-28(20-25)26-8-5-9-27(26)30(31-29)23-10-12-24(13-11-23)36-21-22-6-3-2-4-7-22/h2-8,10-15,20,26-27,30-31H,9,16-19,21H2,1H3. The highest BCUT2D eigenvalue weighted by Crippen LogP contribution is 2.50. The average Bonchev–Trinajstić information content (AvgIpc) is 3.43. The molecule has 37 heavy (non-hydrogen) atoms. The summed E-state index contributed by atoms with van der Waals surface area (Å²) in [5.41, 5.74) is 4.45. The monoisotopic (exact) mass is 515 g/mol. The largest absolute Gasteiger partial charge is 0.489 e. The Morgan fingerprint density at radius 2 is 1.70 bits per heavy atom. The Bertz CT molecular complexity index is 1380. The SMILES string of the molecule is CN1CCN(S(=O)(=O)c2ccc3c(c2)C2C=CCC2C(c2ccc(OCc4ccccc4)cc2)N3)CC1. The van der Waals surface area contributed by atoms with Crippen molar-refractivity contribution in [2.24, 2.45) is 5.92 Å². The molecule has 1 N–H and O–H groups in total. The molecule has 3 aromatic rings. The van der Waals surface area contributed by atoms with Crippen LogP contribution >= 0.6 is 0 Å². The lowest BCUT2D eigenvalue weighted by atomic mass is 9.77. The number of anilines is 1. The zero-order chi connectivity index (χ0) is 25.4. The van der Waals surface area contributed by atoms with E-state index in [-0.39, 0.29) is 12.0 Å². The molecule has 6 nitrogen and oxygen atoms in total. The van der Waals surface area contributed by atoms with Gasteiger partial charge in [-0.05, 0) is 66.4 Å². The van der Waals surface area contributed by atoms with Crippen LogP contribution in [-0.2, 0) is 16.6 Å². The fourth-order valence-corrected chi connectivity index (χ4v) is 7.21. The molecule has 6 rings (SSSR count). The normalized spacial score (nSPS) is 23.8. The van der Waals surface area contributed by atoms with Crippen molar-refractivity contribution in [2.45, 2.75) is 29.9 Å². The molecule has 0 spiro atoms. The lowest BCUT2D eigenvalue weighted by molar-refractivity contribution is 0.222. The number of nitrogens with one attached hydrogen (secondary N) is 1. The van der Waals surface area contributed by atoms with Gasteiger partial charge in [0.25, 0.3) is 0 Å². The Morgan fingerprint density at radius 1 is 0.946 bits per heavy atom. The van der Waals surface area contributed by atoms with E-state index >= 15 is 0 Å². The Hall–Kier alpha value is -3.13. The molecular weight excluding hydrogens is 482 g/mol. The average molecular weight is 516 g/mol. The van der Waals surface area contributed by atoms with E-state index in [1.807, 2.05) is 49.5 Å². The molecule has 2 heterocycles. The molecule has 2 aliphatic heterocycles. The van der Waals surface area contributed by atoms with E-state index in [1.54, 1.807) is 10.4 Å². The highest BCUT2D eigenvalue weighted by atomic mass is 32.2. The lowest BCUT2D eigenvalue weighted by Gasteiger charge is -2.38. The summed E-state index contributed by atoms with van der Waals surface area (Å²) in [5.74, 6) is 1.38. The minimum atomic E-state index is -3.50. The first-order chi connectivity index (χ1) is 18.0. The first-order valence-electron chi connectivity index (χ1n) is 13.0. The van der Waals surface area contributed by atoms with Gasteiger partial charge in [0.05, 0.1) is 10.9 Å². The maximum Gasteiger partial charge on any atom is 0.243 e. The maximum absolute atomic E-state index is 13.4. The Balaban J connectivity index is 1.21. The zero-order valence-corrected chi connectivity index (χ0v) is 21.9. The summed E-state index contributed by atoms with van der Waals surface area (Å²) in [6.45, 7) is 3.14. The Labute approximate surface area is 219 Å². The van der Waals surface area contributed by atoms with Crippen LogP contribution in [0.15, 0.2) is 89.8 Å². The second kappa shape index (κ2) is 9.97. The number of piperazine rings is 1. The van der Waals surface area contributed by atoms with Crippen molar-refractivity contribution in [1.82, 2.24) is 9.21 Å². The fraction of sp³-hybridized carbons (Fsp3) is 0.333. The molecule has 0 amide bonds. The van der Waals surface area contributed by atoms with Crippen molar-refractivity contribution < 1.29 is 13.2 Å². The van der Waals surface area contributed by atoms with Gasteiger partial charge in [-0.3, -0.25) is 0 Å². The summed E-state index contributed by atoms with van der Waals surface area (Å²) in [6.07, 6.45) is 5.45. The van der Waals surface area contributed by atoms with Crippen molar-refractivity contribution in [3.63, 3.8) is 0 Å². The van der Waals surface area contributed by atoms with E-state index in [9.17, 15) is 8.42 Å². The minimum Gasteiger partial charge on any atom is -0.489 e. The summed E-state index contributed by atoms with van der Waals surface area (Å²) in [7, 11) is -1.47. The molecule has 7 heteroatoms. The summed E-state index contributed by atoms with van der Waals surface area (Å²) >= 11 is 0. The van der Waals surface area contributed by atoms with Gasteiger partial charge in [0.15, 0.2) is 0 Å². The fourth-order valence-electron chi connectivity index (χ4n) is 5.75.